The second kappa shape index (κ2) is 13.8. The largest absolute Gasteiger partial charge is 0.455 e. The molecule has 2 nitrogen and oxygen atoms in total. The fourth-order valence-corrected chi connectivity index (χ4v) is 9.65. The van der Waals surface area contributed by atoms with E-state index in [0.717, 1.165) is 61.3 Å². The molecule has 2 heterocycles. The number of thiophene rings is 1. The molecule has 0 aliphatic heterocycles. The quantitative estimate of drug-likeness (QED) is 0.162. The summed E-state index contributed by atoms with van der Waals surface area (Å²) in [6, 6.07) is 76.2. The molecule has 0 bridgehead atoms. The highest BCUT2D eigenvalue weighted by atomic mass is 32.1. The number of para-hydroxylation sites is 1. The van der Waals surface area contributed by atoms with Gasteiger partial charge in [0.1, 0.15) is 11.2 Å². The minimum atomic E-state index is 0.894. The van der Waals surface area contributed by atoms with Crippen LogP contribution in [-0.4, -0.2) is 0 Å². The maximum Gasteiger partial charge on any atom is 0.143 e. The lowest BCUT2D eigenvalue weighted by atomic mass is 10.00. The first-order valence-electron chi connectivity index (χ1n) is 19.3. The third-order valence-corrected chi connectivity index (χ3v) is 12.4. The average Bonchev–Trinajstić information content (AvgIpc) is 3.87. The molecule has 0 unspecified atom stereocenters. The van der Waals surface area contributed by atoms with Gasteiger partial charge in [-0.2, -0.15) is 0 Å². The molecular weight excluding hydrogens is 711 g/mol. The van der Waals surface area contributed by atoms with E-state index in [9.17, 15) is 0 Å². The van der Waals surface area contributed by atoms with E-state index >= 15 is 0 Å². The van der Waals surface area contributed by atoms with E-state index in [1.54, 1.807) is 0 Å². The van der Waals surface area contributed by atoms with Crippen molar-refractivity contribution >= 4 is 70.5 Å². The van der Waals surface area contributed by atoms with Crippen LogP contribution in [0, 0.1) is 0 Å². The van der Waals surface area contributed by atoms with Crippen LogP contribution in [0.4, 0.5) is 17.1 Å². The van der Waals surface area contributed by atoms with Crippen molar-refractivity contribution in [2.24, 2.45) is 0 Å². The molecule has 57 heavy (non-hydrogen) atoms. The number of hydrogen-bond acceptors (Lipinski definition) is 3. The second-order valence-corrected chi connectivity index (χ2v) is 15.5. The molecule has 2 aromatic heterocycles. The van der Waals surface area contributed by atoms with Crippen LogP contribution in [0.15, 0.2) is 217 Å². The van der Waals surface area contributed by atoms with Crippen LogP contribution in [-0.2, 0) is 0 Å². The molecule has 0 radical (unpaired) electrons. The van der Waals surface area contributed by atoms with E-state index in [1.165, 1.54) is 42.4 Å². The minimum absolute atomic E-state index is 0.894. The lowest BCUT2D eigenvalue weighted by Crippen LogP contribution is -2.10. The minimum Gasteiger partial charge on any atom is -0.455 e. The zero-order chi connectivity index (χ0) is 37.7. The van der Waals surface area contributed by atoms with Gasteiger partial charge in [0.05, 0.1) is 10.4 Å². The molecule has 0 saturated carbocycles. The number of fused-ring (bicyclic) bond motifs is 6. The van der Waals surface area contributed by atoms with Crippen molar-refractivity contribution in [1.82, 2.24) is 0 Å². The molecule has 0 aliphatic carbocycles. The van der Waals surface area contributed by atoms with Gasteiger partial charge in [0.15, 0.2) is 0 Å². The van der Waals surface area contributed by atoms with E-state index in [4.69, 9.17) is 4.42 Å². The third kappa shape index (κ3) is 5.80. The summed E-state index contributed by atoms with van der Waals surface area (Å²) >= 11 is 1.88. The van der Waals surface area contributed by atoms with Crippen molar-refractivity contribution in [1.29, 1.82) is 0 Å². The van der Waals surface area contributed by atoms with Crippen molar-refractivity contribution in [2.75, 3.05) is 4.90 Å². The van der Waals surface area contributed by atoms with Crippen LogP contribution < -0.4 is 4.90 Å². The lowest BCUT2D eigenvalue weighted by Gasteiger charge is -2.26. The summed E-state index contributed by atoms with van der Waals surface area (Å²) in [5, 5.41) is 4.80. The Morgan fingerprint density at radius 2 is 0.825 bits per heavy atom. The van der Waals surface area contributed by atoms with Gasteiger partial charge in [-0.25, -0.2) is 0 Å². The first-order valence-corrected chi connectivity index (χ1v) is 20.1. The molecule has 3 heteroatoms. The Morgan fingerprint density at radius 1 is 0.333 bits per heavy atom. The molecule has 0 fully saturated rings. The average molecular weight is 746 g/mol. The zero-order valence-electron chi connectivity index (χ0n) is 31.0. The molecule has 0 aliphatic rings. The van der Waals surface area contributed by atoms with Gasteiger partial charge in [0.2, 0.25) is 0 Å². The molecule has 0 atom stereocenters. The molecule has 0 spiro atoms. The first kappa shape index (κ1) is 33.2. The topological polar surface area (TPSA) is 16.4 Å². The molecule has 0 saturated heterocycles. The van der Waals surface area contributed by atoms with E-state index in [1.807, 2.05) is 17.4 Å². The maximum absolute atomic E-state index is 6.50. The Morgan fingerprint density at radius 3 is 1.47 bits per heavy atom. The molecule has 268 valence electrons. The maximum atomic E-state index is 6.50. The Hall–Kier alpha value is -7.20. The van der Waals surface area contributed by atoms with Crippen molar-refractivity contribution < 1.29 is 4.42 Å². The molecule has 0 N–H and O–H groups in total. The van der Waals surface area contributed by atoms with E-state index in [2.05, 4.69) is 211 Å². The van der Waals surface area contributed by atoms with E-state index < -0.39 is 0 Å². The molecular formula is C54H35NOS. The Balaban J connectivity index is 1.03. The van der Waals surface area contributed by atoms with Crippen LogP contribution >= 0.6 is 11.3 Å². The van der Waals surface area contributed by atoms with Crippen molar-refractivity contribution in [3.8, 4) is 44.5 Å². The van der Waals surface area contributed by atoms with Crippen LogP contribution in [0.2, 0.25) is 0 Å². The highest BCUT2D eigenvalue weighted by Crippen LogP contribution is 2.47. The summed E-state index contributed by atoms with van der Waals surface area (Å²) in [4.78, 5) is 2.41. The van der Waals surface area contributed by atoms with Crippen LogP contribution in [0.3, 0.4) is 0 Å². The Labute approximate surface area is 335 Å². The number of hydrogen-bond donors (Lipinski definition) is 0. The summed E-state index contributed by atoms with van der Waals surface area (Å²) in [7, 11) is 0. The normalized spacial score (nSPS) is 11.5. The summed E-state index contributed by atoms with van der Waals surface area (Å²) < 4.78 is 9.07. The van der Waals surface area contributed by atoms with Gasteiger partial charge < -0.3 is 9.32 Å². The SMILES string of the molecule is c1ccc(-c2ccc(N(c3ccc(-c4ccc5oc6c(-c7ccccc7)cccc6c5c4)cc3)c3cccc4c3sc3c(-c5ccccc5)cccc34)cc2)cc1. The summed E-state index contributed by atoms with van der Waals surface area (Å²) in [5.41, 5.74) is 14.7. The van der Waals surface area contributed by atoms with Gasteiger partial charge >= 0.3 is 0 Å². The van der Waals surface area contributed by atoms with Gasteiger partial charge in [-0.3, -0.25) is 0 Å². The molecule has 0 amide bonds. The van der Waals surface area contributed by atoms with Crippen molar-refractivity contribution in [3.63, 3.8) is 0 Å². The Bertz CT molecular complexity index is 3200. The summed E-state index contributed by atoms with van der Waals surface area (Å²) in [6.07, 6.45) is 0. The zero-order valence-corrected chi connectivity index (χ0v) is 31.8. The van der Waals surface area contributed by atoms with Crippen molar-refractivity contribution in [2.45, 2.75) is 0 Å². The number of rotatable bonds is 7. The van der Waals surface area contributed by atoms with Gasteiger partial charge in [-0.15, -0.1) is 11.3 Å². The van der Waals surface area contributed by atoms with Gasteiger partial charge in [-0.1, -0.05) is 170 Å². The fourth-order valence-electron chi connectivity index (χ4n) is 8.31. The summed E-state index contributed by atoms with van der Waals surface area (Å²) in [6.45, 7) is 0. The number of anilines is 3. The van der Waals surface area contributed by atoms with E-state index in [0.29, 0.717) is 0 Å². The van der Waals surface area contributed by atoms with Crippen LogP contribution in [0.1, 0.15) is 0 Å². The molecule has 11 rings (SSSR count). The second-order valence-electron chi connectivity index (χ2n) is 14.5. The highest BCUT2D eigenvalue weighted by Gasteiger charge is 2.20. The van der Waals surface area contributed by atoms with Gasteiger partial charge in [0.25, 0.3) is 0 Å². The Kier molecular flexibility index (Phi) is 8.04. The van der Waals surface area contributed by atoms with Gasteiger partial charge in [0, 0.05) is 43.2 Å². The third-order valence-electron chi connectivity index (χ3n) is 11.1. The summed E-state index contributed by atoms with van der Waals surface area (Å²) in [5.74, 6) is 0. The monoisotopic (exact) mass is 745 g/mol. The van der Waals surface area contributed by atoms with Crippen LogP contribution in [0.25, 0.3) is 86.6 Å². The number of nitrogens with zero attached hydrogens (tertiary/aromatic N) is 1. The number of furan rings is 1. The first-order chi connectivity index (χ1) is 28.3. The predicted octanol–water partition coefficient (Wildman–Crippen LogP) is 16.1. The highest BCUT2D eigenvalue weighted by molar-refractivity contribution is 7.27. The smallest absolute Gasteiger partial charge is 0.143 e. The molecule has 11 aromatic rings. The van der Waals surface area contributed by atoms with Crippen molar-refractivity contribution in [3.05, 3.63) is 212 Å². The van der Waals surface area contributed by atoms with Gasteiger partial charge in [-0.05, 0) is 81.4 Å². The van der Waals surface area contributed by atoms with Crippen LogP contribution in [0.5, 0.6) is 0 Å². The standard InChI is InChI=1S/C54H35NOS/c1-4-13-36(14-5-1)37-25-30-42(31-26-37)55(50-24-12-23-48-47-22-11-20-45(53(47)57-54(48)50)40-17-8-3-9-18-40)43-32-27-38(28-33-43)41-29-34-51-49(35-41)46-21-10-19-44(52(46)56-51)39-15-6-2-7-16-39/h1-35H. The number of benzene rings is 9. The van der Waals surface area contributed by atoms with E-state index in [-0.39, 0.29) is 0 Å². The predicted molar refractivity (Wildman–Crippen MR) is 243 cm³/mol. The fraction of sp³-hybridized carbons (Fsp3) is 0. The lowest BCUT2D eigenvalue weighted by molar-refractivity contribution is 0.670. The molecule has 9 aromatic carbocycles.